The lowest BCUT2D eigenvalue weighted by Gasteiger charge is -2.25. The van der Waals surface area contributed by atoms with Crippen LogP contribution >= 0.6 is 12.4 Å². The molecular weight excluding hydrogens is 368 g/mol. The number of rotatable bonds is 8. The molecule has 1 aliphatic heterocycles. The van der Waals surface area contributed by atoms with Crippen molar-refractivity contribution in [1.29, 1.82) is 0 Å². The number of nitrogens with zero attached hydrogens (tertiary/aromatic N) is 1. The van der Waals surface area contributed by atoms with E-state index in [1.54, 1.807) is 6.07 Å². The van der Waals surface area contributed by atoms with Gasteiger partial charge in [0, 0.05) is 19.6 Å². The minimum absolute atomic E-state index is 0. The Balaban J connectivity index is 0.00000338. The van der Waals surface area contributed by atoms with Gasteiger partial charge in [0.2, 0.25) is 5.91 Å². The van der Waals surface area contributed by atoms with Gasteiger partial charge in [0.1, 0.15) is 11.8 Å². The normalized spacial score (nSPS) is 16.3. The molecule has 1 aliphatic rings. The molecular formula is C17H24ClF2N3O3. The molecule has 0 radical (unpaired) electrons. The highest BCUT2D eigenvalue weighted by Gasteiger charge is 2.35. The molecule has 2 N–H and O–H groups in total. The highest BCUT2D eigenvalue weighted by Crippen LogP contribution is 2.26. The maximum absolute atomic E-state index is 12.7. The minimum atomic E-state index is -3.02. The second-order valence-electron chi connectivity index (χ2n) is 5.68. The van der Waals surface area contributed by atoms with E-state index in [1.165, 1.54) is 23.1 Å². The number of carbonyl (C=O) groups excluding carboxylic acids is 2. The number of ether oxygens (including phenoxy) is 1. The Hall–Kier alpha value is -1.93. The van der Waals surface area contributed by atoms with Gasteiger partial charge < -0.3 is 20.3 Å². The molecule has 26 heavy (non-hydrogen) atoms. The van der Waals surface area contributed by atoms with Crippen molar-refractivity contribution in [1.82, 2.24) is 15.5 Å². The number of halogens is 3. The first-order valence-electron chi connectivity index (χ1n) is 8.37. The maximum Gasteiger partial charge on any atom is 0.387 e. The molecule has 1 aromatic carbocycles. The second kappa shape index (κ2) is 10.9. The molecule has 1 saturated heterocycles. The van der Waals surface area contributed by atoms with Crippen LogP contribution in [0, 0.1) is 0 Å². The van der Waals surface area contributed by atoms with Gasteiger partial charge in [-0.1, -0.05) is 19.1 Å². The lowest BCUT2D eigenvalue weighted by atomic mass is 10.1. The van der Waals surface area contributed by atoms with Crippen molar-refractivity contribution in [2.45, 2.75) is 32.4 Å². The molecule has 1 unspecified atom stereocenters. The average Bonchev–Trinajstić information content (AvgIpc) is 3.08. The lowest BCUT2D eigenvalue weighted by Crippen LogP contribution is -2.47. The molecule has 0 bridgehead atoms. The van der Waals surface area contributed by atoms with E-state index in [0.717, 1.165) is 6.54 Å². The average molecular weight is 392 g/mol. The van der Waals surface area contributed by atoms with Crippen LogP contribution in [0.3, 0.4) is 0 Å². The van der Waals surface area contributed by atoms with Gasteiger partial charge in [0.15, 0.2) is 0 Å². The van der Waals surface area contributed by atoms with Crippen LogP contribution in [0.15, 0.2) is 24.3 Å². The Labute approximate surface area is 157 Å². The zero-order valence-electron chi connectivity index (χ0n) is 14.5. The molecule has 2 amide bonds. The Bertz CT molecular complexity index is 604. The summed E-state index contributed by atoms with van der Waals surface area (Å²) >= 11 is 0. The third-order valence-corrected chi connectivity index (χ3v) is 4.00. The lowest BCUT2D eigenvalue weighted by molar-refractivity contribution is -0.124. The summed E-state index contributed by atoms with van der Waals surface area (Å²) in [5.74, 6) is -0.878. The van der Waals surface area contributed by atoms with Crippen molar-refractivity contribution in [2.75, 3.05) is 26.2 Å². The van der Waals surface area contributed by atoms with Crippen LogP contribution < -0.4 is 15.4 Å². The molecule has 1 fully saturated rings. The number of hydrogen-bond acceptors (Lipinski definition) is 4. The van der Waals surface area contributed by atoms with Crippen molar-refractivity contribution < 1.29 is 23.1 Å². The summed E-state index contributed by atoms with van der Waals surface area (Å²) in [5, 5.41) is 5.89. The summed E-state index contributed by atoms with van der Waals surface area (Å²) in [6, 6.07) is 5.25. The molecule has 1 heterocycles. The minimum Gasteiger partial charge on any atom is -0.434 e. The van der Waals surface area contributed by atoms with Gasteiger partial charge in [0.05, 0.1) is 5.56 Å². The summed E-state index contributed by atoms with van der Waals surface area (Å²) in [6.45, 7) is 1.29. The molecule has 1 atom stereocenters. The Morgan fingerprint density at radius 3 is 2.73 bits per heavy atom. The van der Waals surface area contributed by atoms with E-state index in [4.69, 9.17) is 0 Å². The van der Waals surface area contributed by atoms with Crippen LogP contribution in [0.1, 0.15) is 30.1 Å². The zero-order valence-corrected chi connectivity index (χ0v) is 15.4. The first kappa shape index (κ1) is 22.1. The van der Waals surface area contributed by atoms with Crippen LogP contribution in [0.5, 0.6) is 5.75 Å². The fourth-order valence-corrected chi connectivity index (χ4v) is 2.85. The van der Waals surface area contributed by atoms with Gasteiger partial charge in [-0.25, -0.2) is 0 Å². The standard InChI is InChI=1S/C17H23F2N3O3.ClH/c1-2-20-9-10-21-15(23)13-7-5-11-22(13)16(24)12-6-3-4-8-14(12)25-17(18)19;/h3-4,6,8,13,17,20H,2,5,7,9-11H2,1H3,(H,21,23);1H. The fourth-order valence-electron chi connectivity index (χ4n) is 2.85. The number of likely N-dealkylation sites (tertiary alicyclic amines) is 1. The summed E-state index contributed by atoms with van der Waals surface area (Å²) in [6.07, 6.45) is 1.24. The molecule has 6 nitrogen and oxygen atoms in total. The predicted molar refractivity (Wildman–Crippen MR) is 95.9 cm³/mol. The number of alkyl halides is 2. The van der Waals surface area contributed by atoms with Gasteiger partial charge >= 0.3 is 6.61 Å². The number of nitrogens with one attached hydrogen (secondary N) is 2. The predicted octanol–water partition coefficient (Wildman–Crippen LogP) is 2.04. The summed E-state index contributed by atoms with van der Waals surface area (Å²) in [7, 11) is 0. The van der Waals surface area contributed by atoms with Gasteiger partial charge in [-0.15, -0.1) is 12.4 Å². The van der Waals surface area contributed by atoms with E-state index in [0.29, 0.717) is 32.5 Å². The first-order valence-corrected chi connectivity index (χ1v) is 8.37. The van der Waals surface area contributed by atoms with E-state index in [2.05, 4.69) is 15.4 Å². The number of benzene rings is 1. The first-order chi connectivity index (χ1) is 12.0. The summed E-state index contributed by atoms with van der Waals surface area (Å²) in [5.41, 5.74) is 0.0372. The second-order valence-corrected chi connectivity index (χ2v) is 5.68. The fraction of sp³-hybridized carbons (Fsp3) is 0.529. The van der Waals surface area contributed by atoms with Crippen LogP contribution in [0.2, 0.25) is 0 Å². The smallest absolute Gasteiger partial charge is 0.387 e. The number of hydrogen-bond donors (Lipinski definition) is 2. The van der Waals surface area contributed by atoms with Crippen molar-refractivity contribution >= 4 is 24.2 Å². The molecule has 0 spiro atoms. The van der Waals surface area contributed by atoms with Gasteiger partial charge in [0.25, 0.3) is 5.91 Å². The molecule has 0 aromatic heterocycles. The topological polar surface area (TPSA) is 70.7 Å². The molecule has 9 heteroatoms. The third-order valence-electron chi connectivity index (χ3n) is 4.00. The molecule has 146 valence electrons. The van der Waals surface area contributed by atoms with Crippen LogP contribution in [-0.4, -0.2) is 55.5 Å². The molecule has 2 rings (SSSR count). The van der Waals surface area contributed by atoms with E-state index >= 15 is 0 Å². The third kappa shape index (κ3) is 5.81. The Kier molecular flexibility index (Phi) is 9.29. The Morgan fingerprint density at radius 1 is 1.31 bits per heavy atom. The van der Waals surface area contributed by atoms with E-state index < -0.39 is 18.6 Å². The molecule has 1 aromatic rings. The van der Waals surface area contributed by atoms with Gasteiger partial charge in [-0.3, -0.25) is 9.59 Å². The number of carbonyl (C=O) groups is 2. The van der Waals surface area contributed by atoms with Crippen molar-refractivity contribution in [3.63, 3.8) is 0 Å². The van der Waals surface area contributed by atoms with Crippen LogP contribution in [-0.2, 0) is 4.79 Å². The highest BCUT2D eigenvalue weighted by molar-refractivity contribution is 6.00. The maximum atomic E-state index is 12.7. The van der Waals surface area contributed by atoms with Crippen molar-refractivity contribution in [3.05, 3.63) is 29.8 Å². The Morgan fingerprint density at radius 2 is 2.04 bits per heavy atom. The van der Waals surface area contributed by atoms with E-state index in [1.807, 2.05) is 6.92 Å². The van der Waals surface area contributed by atoms with Crippen molar-refractivity contribution in [3.8, 4) is 5.75 Å². The SMILES string of the molecule is CCNCCNC(=O)C1CCCN1C(=O)c1ccccc1OC(F)F.Cl. The monoisotopic (exact) mass is 391 g/mol. The van der Waals surface area contributed by atoms with Gasteiger partial charge in [-0.05, 0) is 31.5 Å². The summed E-state index contributed by atoms with van der Waals surface area (Å²) in [4.78, 5) is 26.5. The largest absolute Gasteiger partial charge is 0.434 e. The number of amides is 2. The number of likely N-dealkylation sites (N-methyl/N-ethyl adjacent to an activating group) is 1. The summed E-state index contributed by atoms with van der Waals surface area (Å²) < 4.78 is 29.5. The van der Waals surface area contributed by atoms with Crippen molar-refractivity contribution in [2.24, 2.45) is 0 Å². The van der Waals surface area contributed by atoms with Gasteiger partial charge in [-0.2, -0.15) is 8.78 Å². The zero-order chi connectivity index (χ0) is 18.2. The number of para-hydroxylation sites is 1. The van der Waals surface area contributed by atoms with E-state index in [-0.39, 0.29) is 29.6 Å². The van der Waals surface area contributed by atoms with Crippen LogP contribution in [0.25, 0.3) is 0 Å². The highest BCUT2D eigenvalue weighted by atomic mass is 35.5. The quantitative estimate of drug-likeness (QED) is 0.665. The molecule has 0 aliphatic carbocycles. The molecule has 0 saturated carbocycles. The van der Waals surface area contributed by atoms with Crippen LogP contribution in [0.4, 0.5) is 8.78 Å². The van der Waals surface area contributed by atoms with E-state index in [9.17, 15) is 18.4 Å².